The predicted molar refractivity (Wildman–Crippen MR) is 200 cm³/mol. The molecule has 1 saturated heterocycles. The van der Waals surface area contributed by atoms with Crippen molar-refractivity contribution in [3.8, 4) is 0 Å². The lowest BCUT2D eigenvalue weighted by Crippen LogP contribution is -2.51. The number of hydrogen-bond acceptors (Lipinski definition) is 3. The Labute approximate surface area is 286 Å². The number of piperidine rings is 1. The van der Waals surface area contributed by atoms with Gasteiger partial charge in [-0.3, -0.25) is 0 Å². The summed E-state index contributed by atoms with van der Waals surface area (Å²) < 4.78 is 0. The van der Waals surface area contributed by atoms with Crippen molar-refractivity contribution in [2.45, 2.75) is 83.7 Å². The van der Waals surface area contributed by atoms with Gasteiger partial charge in [0.2, 0.25) is 0 Å². The monoisotopic (exact) mass is 629 g/mol. The molecule has 1 fully saturated rings. The van der Waals surface area contributed by atoms with E-state index in [1.807, 2.05) is 0 Å². The Morgan fingerprint density at radius 2 is 1.33 bits per heavy atom. The predicted octanol–water partition coefficient (Wildman–Crippen LogP) is 10.5. The van der Waals surface area contributed by atoms with Crippen molar-refractivity contribution in [1.29, 1.82) is 0 Å². The Morgan fingerprint density at radius 1 is 0.708 bits per heavy atom. The smallest absolute Gasteiger partial charge is 0.0564 e. The molecule has 0 saturated carbocycles. The molecular formula is C45H47N3. The third kappa shape index (κ3) is 4.06. The van der Waals surface area contributed by atoms with Gasteiger partial charge in [0, 0.05) is 50.6 Å². The van der Waals surface area contributed by atoms with Gasteiger partial charge in [0.15, 0.2) is 0 Å². The second-order valence-electron chi connectivity index (χ2n) is 16.2. The van der Waals surface area contributed by atoms with E-state index in [1.54, 1.807) is 5.57 Å². The highest BCUT2D eigenvalue weighted by Crippen LogP contribution is 2.54. The Morgan fingerprint density at radius 3 is 2.02 bits per heavy atom. The Balaban J connectivity index is 1.13. The SMILES string of the molecule is CC1(C)C2=C(C=CCC2)N(C2=CC3C(C=C2)NC2=CCC(N4c5ccccc5C(C)(C)c5ccccc54)C=C2C3(C)C)c2ccccc21. The highest BCUT2D eigenvalue weighted by Gasteiger charge is 2.47. The number of para-hydroxylation sites is 3. The van der Waals surface area contributed by atoms with Crippen LogP contribution in [0.4, 0.5) is 17.1 Å². The molecule has 0 amide bonds. The van der Waals surface area contributed by atoms with E-state index >= 15 is 0 Å². The first kappa shape index (κ1) is 29.6. The van der Waals surface area contributed by atoms with E-state index in [1.165, 1.54) is 56.4 Å². The average molecular weight is 630 g/mol. The van der Waals surface area contributed by atoms with E-state index in [2.05, 4.69) is 172 Å². The molecule has 0 bridgehead atoms. The van der Waals surface area contributed by atoms with Gasteiger partial charge < -0.3 is 15.1 Å². The normalized spacial score (nSPS) is 26.8. The van der Waals surface area contributed by atoms with Crippen molar-refractivity contribution in [1.82, 2.24) is 5.32 Å². The molecule has 242 valence electrons. The van der Waals surface area contributed by atoms with Crippen molar-refractivity contribution in [2.24, 2.45) is 11.3 Å². The van der Waals surface area contributed by atoms with E-state index in [-0.39, 0.29) is 28.3 Å². The molecule has 3 unspecified atom stereocenters. The lowest BCUT2D eigenvalue weighted by molar-refractivity contribution is 0.246. The van der Waals surface area contributed by atoms with Crippen LogP contribution in [0.1, 0.15) is 77.5 Å². The minimum Gasteiger partial charge on any atom is -0.378 e. The molecule has 1 N–H and O–H groups in total. The number of nitrogens with one attached hydrogen (secondary N) is 1. The summed E-state index contributed by atoms with van der Waals surface area (Å²) >= 11 is 0. The maximum absolute atomic E-state index is 4.00. The molecule has 3 nitrogen and oxygen atoms in total. The van der Waals surface area contributed by atoms with E-state index in [0.717, 1.165) is 19.3 Å². The largest absolute Gasteiger partial charge is 0.378 e. The van der Waals surface area contributed by atoms with E-state index in [9.17, 15) is 0 Å². The molecule has 48 heavy (non-hydrogen) atoms. The number of allylic oxidation sites excluding steroid dienone is 5. The van der Waals surface area contributed by atoms with E-state index < -0.39 is 0 Å². The summed E-state index contributed by atoms with van der Waals surface area (Å²) in [4.78, 5) is 5.18. The van der Waals surface area contributed by atoms with Crippen LogP contribution in [0.5, 0.6) is 0 Å². The maximum atomic E-state index is 4.00. The average Bonchev–Trinajstić information content (AvgIpc) is 3.09. The topological polar surface area (TPSA) is 18.5 Å². The zero-order chi connectivity index (χ0) is 33.0. The number of anilines is 3. The Kier molecular flexibility index (Phi) is 6.33. The second-order valence-corrected chi connectivity index (χ2v) is 16.2. The summed E-state index contributed by atoms with van der Waals surface area (Å²) in [6.45, 7) is 14.5. The van der Waals surface area contributed by atoms with Crippen LogP contribution in [0.3, 0.4) is 0 Å². The van der Waals surface area contributed by atoms with Gasteiger partial charge in [-0.1, -0.05) is 127 Å². The first-order valence-electron chi connectivity index (χ1n) is 18.0. The summed E-state index contributed by atoms with van der Waals surface area (Å²) in [5.41, 5.74) is 15.0. The molecule has 6 aliphatic rings. The standard InChI is InChI=1S/C45H47N3/c1-43(2)31-15-7-11-19-39(31)47(40-20-12-8-16-32(40)43)29-23-25-37-35(27-29)45(5,6)36-28-30(24-26-38(36)46-37)48-41-21-13-9-17-33(41)44(3,4)34-18-10-14-22-42(34)48/h7-9,11-17,19-22,24-29,36,38,46H,10,18,23H2,1-6H3. The summed E-state index contributed by atoms with van der Waals surface area (Å²) in [6, 6.07) is 27.7. The van der Waals surface area contributed by atoms with Crippen LogP contribution in [0.2, 0.25) is 0 Å². The second kappa shape index (κ2) is 10.3. The molecule has 3 atom stereocenters. The van der Waals surface area contributed by atoms with Gasteiger partial charge in [-0.2, -0.15) is 0 Å². The lowest BCUT2D eigenvalue weighted by Gasteiger charge is -2.51. The van der Waals surface area contributed by atoms with E-state index in [4.69, 9.17) is 0 Å². The van der Waals surface area contributed by atoms with Gasteiger partial charge >= 0.3 is 0 Å². The maximum Gasteiger partial charge on any atom is 0.0564 e. The van der Waals surface area contributed by atoms with Crippen molar-refractivity contribution >= 4 is 17.1 Å². The van der Waals surface area contributed by atoms with Crippen LogP contribution in [0.25, 0.3) is 0 Å². The number of rotatable bonds is 2. The van der Waals surface area contributed by atoms with Crippen molar-refractivity contribution < 1.29 is 0 Å². The molecule has 0 radical (unpaired) electrons. The molecule has 3 aliphatic carbocycles. The molecule has 3 aromatic rings. The van der Waals surface area contributed by atoms with Crippen LogP contribution < -0.4 is 15.1 Å². The van der Waals surface area contributed by atoms with Gasteiger partial charge in [0.1, 0.15) is 0 Å². The summed E-state index contributed by atoms with van der Waals surface area (Å²) in [7, 11) is 0. The lowest BCUT2D eigenvalue weighted by atomic mass is 9.63. The van der Waals surface area contributed by atoms with Crippen molar-refractivity contribution in [3.05, 3.63) is 160 Å². The number of benzene rings is 3. The minimum absolute atomic E-state index is 0.0167. The summed E-state index contributed by atoms with van der Waals surface area (Å²) in [6.07, 6.45) is 20.4. The van der Waals surface area contributed by atoms with Gasteiger partial charge in [-0.25, -0.2) is 0 Å². The highest BCUT2D eigenvalue weighted by atomic mass is 15.2. The molecule has 3 aromatic carbocycles. The fourth-order valence-corrected chi connectivity index (χ4v) is 9.86. The molecule has 3 aliphatic heterocycles. The molecule has 3 heterocycles. The van der Waals surface area contributed by atoms with Gasteiger partial charge in [-0.15, -0.1) is 0 Å². The van der Waals surface area contributed by atoms with E-state index in [0.29, 0.717) is 5.92 Å². The number of fused-ring (bicyclic) bond motifs is 5. The van der Waals surface area contributed by atoms with Crippen LogP contribution >= 0.6 is 0 Å². The minimum atomic E-state index is -0.0707. The van der Waals surface area contributed by atoms with Gasteiger partial charge in [0.25, 0.3) is 0 Å². The summed E-state index contributed by atoms with van der Waals surface area (Å²) in [5, 5.41) is 4.00. The van der Waals surface area contributed by atoms with Crippen molar-refractivity contribution in [2.75, 3.05) is 9.80 Å². The molecule has 0 spiro atoms. The Bertz CT molecular complexity index is 1990. The van der Waals surface area contributed by atoms with Gasteiger partial charge in [0.05, 0.1) is 17.8 Å². The van der Waals surface area contributed by atoms with Crippen LogP contribution in [0.15, 0.2) is 144 Å². The quantitative estimate of drug-likeness (QED) is 0.304. The summed E-state index contributed by atoms with van der Waals surface area (Å²) in [5.74, 6) is 0.304. The highest BCUT2D eigenvalue weighted by molar-refractivity contribution is 5.79. The fraction of sp³-hybridized carbons (Fsp3) is 0.333. The molecule has 9 rings (SSSR count). The zero-order valence-corrected chi connectivity index (χ0v) is 29.2. The Hall–Kier alpha value is -4.50. The number of nitrogens with zero attached hydrogens (tertiary/aromatic N) is 2. The molecule has 0 aromatic heterocycles. The van der Waals surface area contributed by atoms with Crippen LogP contribution in [-0.4, -0.2) is 12.1 Å². The third-order valence-electron chi connectivity index (χ3n) is 12.5. The third-order valence-corrected chi connectivity index (χ3v) is 12.5. The zero-order valence-electron chi connectivity index (χ0n) is 29.2. The first-order valence-corrected chi connectivity index (χ1v) is 18.0. The van der Waals surface area contributed by atoms with Crippen LogP contribution in [0, 0.1) is 11.3 Å². The van der Waals surface area contributed by atoms with Crippen molar-refractivity contribution in [3.63, 3.8) is 0 Å². The molecular weight excluding hydrogens is 583 g/mol. The first-order chi connectivity index (χ1) is 23.1. The fourth-order valence-electron chi connectivity index (χ4n) is 9.86. The number of hydrogen-bond donors (Lipinski definition) is 1. The molecule has 3 heteroatoms. The van der Waals surface area contributed by atoms with Gasteiger partial charge in [-0.05, 0) is 77.5 Å². The van der Waals surface area contributed by atoms with Crippen LogP contribution in [-0.2, 0) is 10.8 Å².